The van der Waals surface area contributed by atoms with Gasteiger partial charge in [-0.1, -0.05) is 55.8 Å². The number of hydrogen-bond acceptors (Lipinski definition) is 4. The number of aromatic hydroxyl groups is 1. The van der Waals surface area contributed by atoms with Crippen LogP contribution in [-0.2, 0) is 16.6 Å². The zero-order valence-corrected chi connectivity index (χ0v) is 23.3. The second-order valence-electron chi connectivity index (χ2n) is 12.5. The number of carbonyl (C=O) groups excluding carboxylic acids is 1. The zero-order valence-electron chi connectivity index (χ0n) is 23.3. The summed E-state index contributed by atoms with van der Waals surface area (Å²) in [4.78, 5) is 18.1. The van der Waals surface area contributed by atoms with Gasteiger partial charge in [-0.3, -0.25) is 4.79 Å². The summed E-state index contributed by atoms with van der Waals surface area (Å²) in [7, 11) is 0. The van der Waals surface area contributed by atoms with E-state index in [1.54, 1.807) is 6.07 Å². The fraction of sp³-hybridized carbons (Fsp3) is 0.606. The smallest absolute Gasteiger partial charge is 0.221 e. The molecular formula is C33H47N3O2. The van der Waals surface area contributed by atoms with Crippen molar-refractivity contribution in [1.82, 2.24) is 15.1 Å². The van der Waals surface area contributed by atoms with E-state index in [-0.39, 0.29) is 22.8 Å². The van der Waals surface area contributed by atoms with Crippen LogP contribution in [0.2, 0.25) is 0 Å². The number of aryl methyl sites for hydroxylation is 1. The van der Waals surface area contributed by atoms with Gasteiger partial charge in [0.05, 0.1) is 0 Å². The lowest BCUT2D eigenvalue weighted by atomic mass is 9.50. The number of carbonyl (C=O) groups is 1. The van der Waals surface area contributed by atoms with Crippen molar-refractivity contribution in [2.75, 3.05) is 39.3 Å². The van der Waals surface area contributed by atoms with E-state index in [2.05, 4.69) is 58.4 Å². The average molecular weight is 518 g/mol. The van der Waals surface area contributed by atoms with Gasteiger partial charge in [-0.2, -0.15) is 0 Å². The van der Waals surface area contributed by atoms with Crippen LogP contribution in [0, 0.1) is 5.41 Å². The van der Waals surface area contributed by atoms with Gasteiger partial charge in [-0.15, -0.1) is 0 Å². The Morgan fingerprint density at radius 2 is 1.79 bits per heavy atom. The average Bonchev–Trinajstić information content (AvgIpc) is 2.93. The lowest BCUT2D eigenvalue weighted by Crippen LogP contribution is -2.61. The number of amides is 1. The van der Waals surface area contributed by atoms with E-state index in [9.17, 15) is 9.90 Å². The molecule has 5 rings (SSSR count). The van der Waals surface area contributed by atoms with Gasteiger partial charge in [-0.05, 0) is 106 Å². The highest BCUT2D eigenvalue weighted by molar-refractivity contribution is 5.76. The molecule has 38 heavy (non-hydrogen) atoms. The SMILES string of the molecule is C[C@]12CC[C@@H](NC(=O)CCN3CCCCC3)C[C@@]1(c1cccc(O)c1)CCN(CCCc1ccccc1)C2. The highest BCUT2D eigenvalue weighted by Gasteiger charge is 2.55. The van der Waals surface area contributed by atoms with Gasteiger partial charge in [-0.25, -0.2) is 0 Å². The molecule has 2 saturated heterocycles. The predicted molar refractivity (Wildman–Crippen MR) is 154 cm³/mol. The number of nitrogens with zero attached hydrogens (tertiary/aromatic N) is 2. The van der Waals surface area contributed by atoms with Gasteiger partial charge in [0.1, 0.15) is 5.75 Å². The molecule has 0 radical (unpaired) electrons. The molecule has 3 fully saturated rings. The van der Waals surface area contributed by atoms with E-state index >= 15 is 0 Å². The summed E-state index contributed by atoms with van der Waals surface area (Å²) in [6.07, 6.45) is 10.9. The Kier molecular flexibility index (Phi) is 8.74. The van der Waals surface area contributed by atoms with Crippen molar-refractivity contribution < 1.29 is 9.90 Å². The van der Waals surface area contributed by atoms with Crippen LogP contribution in [-0.4, -0.2) is 66.1 Å². The number of likely N-dealkylation sites (tertiary alicyclic amines) is 2. The molecule has 206 valence electrons. The van der Waals surface area contributed by atoms with E-state index in [1.807, 2.05) is 12.1 Å². The zero-order chi connectivity index (χ0) is 26.4. The Labute approximate surface area is 229 Å². The van der Waals surface area contributed by atoms with Crippen molar-refractivity contribution in [3.05, 3.63) is 65.7 Å². The number of phenols is 1. The van der Waals surface area contributed by atoms with Crippen LogP contribution in [0.25, 0.3) is 0 Å². The number of hydrogen-bond donors (Lipinski definition) is 2. The number of phenolic OH excluding ortho intramolecular Hbond substituents is 1. The highest BCUT2D eigenvalue weighted by Crippen LogP contribution is 2.57. The standard InChI is InChI=1S/C33H47N3O2/c1-32-17-15-29(34-31(38)16-22-35-19-6-3-7-20-35)25-33(32,28-13-8-14-30(37)24-28)18-23-36(26-32)21-9-12-27-10-4-2-5-11-27/h2,4-5,8,10-11,13-14,24,29,37H,3,6-7,9,12,15-23,25-26H2,1H3,(H,34,38)/t29-,32-,33-/m1/s1. The predicted octanol–water partition coefficient (Wildman–Crippen LogP) is 5.52. The third-order valence-electron chi connectivity index (χ3n) is 9.87. The minimum Gasteiger partial charge on any atom is -0.508 e. The molecule has 0 bridgehead atoms. The monoisotopic (exact) mass is 517 g/mol. The number of nitrogens with one attached hydrogen (secondary N) is 1. The van der Waals surface area contributed by atoms with E-state index in [1.165, 1.54) is 36.8 Å². The number of piperidine rings is 2. The first-order chi connectivity index (χ1) is 18.5. The van der Waals surface area contributed by atoms with E-state index < -0.39 is 0 Å². The lowest BCUT2D eigenvalue weighted by Gasteiger charge is -2.59. The Balaban J connectivity index is 1.24. The molecule has 1 aliphatic carbocycles. The molecule has 1 saturated carbocycles. The van der Waals surface area contributed by atoms with Gasteiger partial charge in [0.25, 0.3) is 0 Å². The van der Waals surface area contributed by atoms with Crippen LogP contribution in [0.3, 0.4) is 0 Å². The third-order valence-corrected chi connectivity index (χ3v) is 9.87. The van der Waals surface area contributed by atoms with Gasteiger partial charge in [0, 0.05) is 31.0 Å². The molecule has 2 aromatic rings. The molecule has 2 aliphatic heterocycles. The fourth-order valence-electron chi connectivity index (χ4n) is 7.68. The van der Waals surface area contributed by atoms with Crippen LogP contribution in [0.5, 0.6) is 5.75 Å². The Morgan fingerprint density at radius 1 is 0.974 bits per heavy atom. The first kappa shape index (κ1) is 27.2. The molecule has 1 amide bonds. The number of benzene rings is 2. The summed E-state index contributed by atoms with van der Waals surface area (Å²) < 4.78 is 0. The first-order valence-electron chi connectivity index (χ1n) is 15.0. The van der Waals surface area contributed by atoms with Crippen molar-refractivity contribution in [3.63, 3.8) is 0 Å². The summed E-state index contributed by atoms with van der Waals surface area (Å²) in [6, 6.07) is 19.0. The maximum atomic E-state index is 13.0. The molecule has 0 aromatic heterocycles. The summed E-state index contributed by atoms with van der Waals surface area (Å²) in [5, 5.41) is 13.9. The molecule has 2 aromatic carbocycles. The van der Waals surface area contributed by atoms with Gasteiger partial charge >= 0.3 is 0 Å². The minimum atomic E-state index is -0.0370. The number of rotatable bonds is 9. The van der Waals surface area contributed by atoms with Crippen LogP contribution < -0.4 is 5.32 Å². The van der Waals surface area contributed by atoms with Gasteiger partial charge in [0.2, 0.25) is 5.91 Å². The van der Waals surface area contributed by atoms with Crippen LogP contribution >= 0.6 is 0 Å². The highest BCUT2D eigenvalue weighted by atomic mass is 16.3. The fourth-order valence-corrected chi connectivity index (χ4v) is 7.68. The van der Waals surface area contributed by atoms with E-state index in [0.29, 0.717) is 12.2 Å². The third kappa shape index (κ3) is 6.26. The van der Waals surface area contributed by atoms with Crippen molar-refractivity contribution in [2.24, 2.45) is 5.41 Å². The molecule has 0 unspecified atom stereocenters. The minimum absolute atomic E-state index is 0.0370. The Morgan fingerprint density at radius 3 is 2.58 bits per heavy atom. The largest absolute Gasteiger partial charge is 0.508 e. The molecule has 2 N–H and O–H groups in total. The molecule has 5 heteroatoms. The Hall–Kier alpha value is -2.37. The van der Waals surface area contributed by atoms with E-state index in [0.717, 1.165) is 71.4 Å². The van der Waals surface area contributed by atoms with E-state index in [4.69, 9.17) is 0 Å². The second-order valence-corrected chi connectivity index (χ2v) is 12.5. The Bertz CT molecular complexity index is 1050. The number of fused-ring (bicyclic) bond motifs is 1. The van der Waals surface area contributed by atoms with Crippen LogP contribution in [0.15, 0.2) is 54.6 Å². The van der Waals surface area contributed by atoms with Crippen LogP contribution in [0.1, 0.15) is 75.8 Å². The molecular weight excluding hydrogens is 470 g/mol. The maximum absolute atomic E-state index is 13.0. The molecule has 2 heterocycles. The van der Waals surface area contributed by atoms with Gasteiger partial charge < -0.3 is 20.2 Å². The summed E-state index contributed by atoms with van der Waals surface area (Å²) in [5.74, 6) is 0.547. The van der Waals surface area contributed by atoms with Crippen molar-refractivity contribution in [3.8, 4) is 5.75 Å². The second kappa shape index (κ2) is 12.2. The molecule has 3 atom stereocenters. The summed E-state index contributed by atoms with van der Waals surface area (Å²) in [5.41, 5.74) is 2.74. The normalized spacial score (nSPS) is 28.5. The lowest BCUT2D eigenvalue weighted by molar-refractivity contribution is -0.123. The maximum Gasteiger partial charge on any atom is 0.221 e. The molecule has 3 aliphatic rings. The molecule has 5 nitrogen and oxygen atoms in total. The first-order valence-corrected chi connectivity index (χ1v) is 15.0. The molecule has 0 spiro atoms. The topological polar surface area (TPSA) is 55.8 Å². The van der Waals surface area contributed by atoms with Crippen molar-refractivity contribution >= 4 is 5.91 Å². The van der Waals surface area contributed by atoms with Gasteiger partial charge in [0.15, 0.2) is 0 Å². The summed E-state index contributed by atoms with van der Waals surface area (Å²) in [6.45, 7) is 8.88. The van der Waals surface area contributed by atoms with Crippen molar-refractivity contribution in [1.29, 1.82) is 0 Å². The summed E-state index contributed by atoms with van der Waals surface area (Å²) >= 11 is 0. The quantitative estimate of drug-likeness (QED) is 0.460. The van der Waals surface area contributed by atoms with Crippen molar-refractivity contribution in [2.45, 2.75) is 82.6 Å². The van der Waals surface area contributed by atoms with Crippen LogP contribution in [0.4, 0.5) is 0 Å².